The summed E-state index contributed by atoms with van der Waals surface area (Å²) in [5.41, 5.74) is 0. The van der Waals surface area contributed by atoms with Gasteiger partial charge in [-0.25, -0.2) is 8.42 Å². The van der Waals surface area contributed by atoms with E-state index in [9.17, 15) is 13.5 Å². The van der Waals surface area contributed by atoms with Crippen molar-refractivity contribution in [2.24, 2.45) is 5.92 Å². The molecule has 0 amide bonds. The quantitative estimate of drug-likeness (QED) is 0.673. The predicted molar refractivity (Wildman–Crippen MR) is 62.6 cm³/mol. The van der Waals surface area contributed by atoms with Crippen LogP contribution in [0.2, 0.25) is 0 Å². The fourth-order valence-corrected chi connectivity index (χ4v) is 2.35. The van der Waals surface area contributed by atoms with Crippen molar-refractivity contribution in [2.45, 2.75) is 39.3 Å². The van der Waals surface area contributed by atoms with Gasteiger partial charge >= 0.3 is 0 Å². The number of sulfone groups is 1. The average molecular weight is 237 g/mol. The Labute approximate surface area is 93.0 Å². The van der Waals surface area contributed by atoms with Gasteiger partial charge in [0, 0.05) is 12.3 Å². The third-order valence-electron chi connectivity index (χ3n) is 2.26. The van der Waals surface area contributed by atoms with Gasteiger partial charge in [0.1, 0.15) is 9.84 Å². The minimum Gasteiger partial charge on any atom is -0.393 e. The van der Waals surface area contributed by atoms with E-state index in [1.165, 1.54) is 6.26 Å². The molecule has 15 heavy (non-hydrogen) atoms. The molecule has 0 saturated carbocycles. The molecule has 5 heteroatoms. The van der Waals surface area contributed by atoms with Crippen molar-refractivity contribution >= 4 is 9.84 Å². The lowest BCUT2D eigenvalue weighted by atomic mass is 10.0. The highest BCUT2D eigenvalue weighted by Gasteiger charge is 2.12. The first-order chi connectivity index (χ1) is 6.72. The van der Waals surface area contributed by atoms with E-state index < -0.39 is 9.84 Å². The summed E-state index contributed by atoms with van der Waals surface area (Å²) in [7, 11) is -2.92. The van der Waals surface area contributed by atoms with E-state index in [4.69, 9.17) is 0 Å². The third kappa shape index (κ3) is 8.84. The van der Waals surface area contributed by atoms with Gasteiger partial charge in [0.15, 0.2) is 0 Å². The lowest BCUT2D eigenvalue weighted by molar-refractivity contribution is 0.115. The summed E-state index contributed by atoms with van der Waals surface area (Å²) < 4.78 is 21.9. The van der Waals surface area contributed by atoms with E-state index in [1.807, 2.05) is 20.8 Å². The van der Waals surface area contributed by atoms with Gasteiger partial charge in [-0.05, 0) is 25.8 Å². The molecule has 0 aromatic rings. The Morgan fingerprint density at radius 1 is 1.27 bits per heavy atom. The summed E-state index contributed by atoms with van der Waals surface area (Å²) in [5, 5.41) is 12.6. The topological polar surface area (TPSA) is 66.4 Å². The molecule has 0 bridgehead atoms. The number of hydrogen-bond acceptors (Lipinski definition) is 4. The zero-order chi connectivity index (χ0) is 12.1. The largest absolute Gasteiger partial charge is 0.393 e. The van der Waals surface area contributed by atoms with Crippen molar-refractivity contribution in [2.75, 3.05) is 18.6 Å². The van der Waals surface area contributed by atoms with E-state index in [1.54, 1.807) is 0 Å². The highest BCUT2D eigenvalue weighted by molar-refractivity contribution is 7.90. The molecular formula is C10H23NO3S. The molecule has 0 radical (unpaired) electrons. The van der Waals surface area contributed by atoms with Gasteiger partial charge in [-0.2, -0.15) is 0 Å². The van der Waals surface area contributed by atoms with Gasteiger partial charge in [-0.3, -0.25) is 0 Å². The van der Waals surface area contributed by atoms with Crippen molar-refractivity contribution in [1.82, 2.24) is 5.32 Å². The molecule has 92 valence electrons. The van der Waals surface area contributed by atoms with Crippen LogP contribution in [0.15, 0.2) is 0 Å². The summed E-state index contributed by atoms with van der Waals surface area (Å²) in [6, 6.07) is -0.0561. The first kappa shape index (κ1) is 14.9. The van der Waals surface area contributed by atoms with Gasteiger partial charge < -0.3 is 10.4 Å². The number of aliphatic hydroxyl groups is 1. The molecule has 2 unspecified atom stereocenters. The van der Waals surface area contributed by atoms with E-state index in [-0.39, 0.29) is 23.8 Å². The first-order valence-corrected chi connectivity index (χ1v) is 7.37. The Morgan fingerprint density at radius 2 is 1.80 bits per heavy atom. The van der Waals surface area contributed by atoms with Crippen molar-refractivity contribution in [3.05, 3.63) is 0 Å². The summed E-state index contributed by atoms with van der Waals surface area (Å²) in [4.78, 5) is 0. The molecule has 0 aliphatic rings. The monoisotopic (exact) mass is 237 g/mol. The Balaban J connectivity index is 3.69. The van der Waals surface area contributed by atoms with Gasteiger partial charge in [0.05, 0.1) is 11.9 Å². The molecule has 0 aliphatic heterocycles. The average Bonchev–Trinajstić information content (AvgIpc) is 2.00. The second-order valence-corrected chi connectivity index (χ2v) is 6.73. The van der Waals surface area contributed by atoms with Crippen LogP contribution in [0, 0.1) is 5.92 Å². The maximum atomic E-state index is 11.0. The fourth-order valence-electron chi connectivity index (χ4n) is 1.32. The molecule has 2 N–H and O–H groups in total. The van der Waals surface area contributed by atoms with Crippen molar-refractivity contribution in [3.63, 3.8) is 0 Å². The zero-order valence-electron chi connectivity index (χ0n) is 10.0. The highest BCUT2D eigenvalue weighted by Crippen LogP contribution is 2.04. The van der Waals surface area contributed by atoms with Crippen molar-refractivity contribution < 1.29 is 13.5 Å². The first-order valence-electron chi connectivity index (χ1n) is 5.31. The molecule has 4 nitrogen and oxygen atoms in total. The Kier molecular flexibility index (Phi) is 6.40. The predicted octanol–water partition coefficient (Wildman–Crippen LogP) is 0.416. The normalized spacial score (nSPS) is 16.7. The minimum atomic E-state index is -2.92. The van der Waals surface area contributed by atoms with Crippen molar-refractivity contribution in [1.29, 1.82) is 0 Å². The van der Waals surface area contributed by atoms with Crippen LogP contribution in [-0.2, 0) is 9.84 Å². The molecule has 0 aromatic carbocycles. The van der Waals surface area contributed by atoms with Crippen LogP contribution in [0.3, 0.4) is 0 Å². The maximum Gasteiger partial charge on any atom is 0.148 e. The van der Waals surface area contributed by atoms with E-state index >= 15 is 0 Å². The number of aliphatic hydroxyl groups excluding tert-OH is 1. The molecule has 0 aliphatic carbocycles. The second-order valence-electron chi connectivity index (χ2n) is 4.55. The Hall–Kier alpha value is -0.130. The van der Waals surface area contributed by atoms with Gasteiger partial charge in [-0.15, -0.1) is 0 Å². The van der Waals surface area contributed by atoms with Crippen LogP contribution < -0.4 is 5.32 Å². The minimum absolute atomic E-state index is 0.0561. The number of rotatable bonds is 7. The molecule has 0 fully saturated rings. The van der Waals surface area contributed by atoms with E-state index in [0.29, 0.717) is 13.0 Å². The lowest BCUT2D eigenvalue weighted by Crippen LogP contribution is -2.35. The van der Waals surface area contributed by atoms with E-state index in [0.717, 1.165) is 0 Å². The van der Waals surface area contributed by atoms with Crippen molar-refractivity contribution in [3.8, 4) is 0 Å². The molecule has 0 aromatic heterocycles. The molecule has 0 saturated heterocycles. The second kappa shape index (κ2) is 6.45. The van der Waals surface area contributed by atoms with E-state index in [2.05, 4.69) is 5.32 Å². The van der Waals surface area contributed by atoms with Crippen LogP contribution in [0.25, 0.3) is 0 Å². The molecule has 0 rings (SSSR count). The van der Waals surface area contributed by atoms with Crippen LogP contribution in [-0.4, -0.2) is 44.2 Å². The van der Waals surface area contributed by atoms with Crippen LogP contribution >= 0.6 is 0 Å². The Morgan fingerprint density at radius 3 is 2.20 bits per heavy atom. The molecule has 2 atom stereocenters. The standard InChI is InChI=1S/C10H23NO3S/c1-8(2)10(12)5-6-11-9(3)7-15(4,13)14/h8-12H,5-7H2,1-4H3. The summed E-state index contributed by atoms with van der Waals surface area (Å²) >= 11 is 0. The summed E-state index contributed by atoms with van der Waals surface area (Å²) in [6.07, 6.45) is 1.57. The lowest BCUT2D eigenvalue weighted by Gasteiger charge is -2.17. The zero-order valence-corrected chi connectivity index (χ0v) is 10.8. The Bertz CT molecular complexity index is 262. The van der Waals surface area contributed by atoms with Crippen LogP contribution in [0.4, 0.5) is 0 Å². The molecule has 0 heterocycles. The third-order valence-corrected chi connectivity index (χ3v) is 3.36. The van der Waals surface area contributed by atoms with Gasteiger partial charge in [0.25, 0.3) is 0 Å². The molecule has 0 spiro atoms. The fraction of sp³-hybridized carbons (Fsp3) is 1.00. The maximum absolute atomic E-state index is 11.0. The van der Waals surface area contributed by atoms with Gasteiger partial charge in [-0.1, -0.05) is 13.8 Å². The van der Waals surface area contributed by atoms with Crippen LogP contribution in [0.5, 0.6) is 0 Å². The summed E-state index contributed by atoms with van der Waals surface area (Å²) in [6.45, 7) is 6.41. The molecular weight excluding hydrogens is 214 g/mol. The smallest absolute Gasteiger partial charge is 0.148 e. The van der Waals surface area contributed by atoms with Gasteiger partial charge in [0.2, 0.25) is 0 Å². The number of hydrogen-bond donors (Lipinski definition) is 2. The van der Waals surface area contributed by atoms with Crippen LogP contribution in [0.1, 0.15) is 27.2 Å². The number of nitrogens with one attached hydrogen (secondary N) is 1. The SMILES string of the molecule is CC(CS(C)(=O)=O)NCCC(O)C(C)C. The highest BCUT2D eigenvalue weighted by atomic mass is 32.2. The summed E-state index contributed by atoms with van der Waals surface area (Å²) in [5.74, 6) is 0.391.